The maximum absolute atomic E-state index is 14.3. The lowest BCUT2D eigenvalue weighted by atomic mass is 9.89. The molecule has 0 atom stereocenters. The first-order valence-electron chi connectivity index (χ1n) is 8.08. The molecule has 1 N–H and O–H groups in total. The number of rotatable bonds is 2. The summed E-state index contributed by atoms with van der Waals surface area (Å²) in [6.07, 6.45) is 2.08. The number of alkyl halides is 2. The van der Waals surface area contributed by atoms with Crippen LogP contribution in [0.15, 0.2) is 34.1 Å². The fourth-order valence-corrected chi connectivity index (χ4v) is 3.14. The molecule has 4 rings (SSSR count). The standard InChI is InChI=1S/C16H15F3N6O2/c1-15(2)7-23(8-16(15,18)19)13-9-5-11(22-25(9)10(17)6-20-13)24-4-3-12(26)21-14(24)27/h3-6H,7-8H2,1-2H3,(H,21,26,27). The van der Waals surface area contributed by atoms with Crippen LogP contribution in [0.4, 0.5) is 19.0 Å². The number of hydrogen-bond acceptors (Lipinski definition) is 5. The van der Waals surface area contributed by atoms with Gasteiger partial charge in [-0.25, -0.2) is 18.6 Å². The number of nitrogens with one attached hydrogen (secondary N) is 1. The van der Waals surface area contributed by atoms with Crippen molar-refractivity contribution >= 4 is 11.3 Å². The molecule has 8 nitrogen and oxygen atoms in total. The summed E-state index contributed by atoms with van der Waals surface area (Å²) < 4.78 is 44.6. The summed E-state index contributed by atoms with van der Waals surface area (Å²) in [5.74, 6) is -3.60. The lowest BCUT2D eigenvalue weighted by Crippen LogP contribution is -2.34. The molecule has 0 saturated carbocycles. The van der Waals surface area contributed by atoms with E-state index in [-0.39, 0.29) is 23.7 Å². The van der Waals surface area contributed by atoms with Crippen molar-refractivity contribution < 1.29 is 13.2 Å². The minimum atomic E-state index is -2.95. The molecule has 0 unspecified atom stereocenters. The number of nitrogens with zero attached hydrogens (tertiary/aromatic N) is 5. The molecular weight excluding hydrogens is 365 g/mol. The summed E-state index contributed by atoms with van der Waals surface area (Å²) in [4.78, 5) is 30.6. The molecule has 1 saturated heterocycles. The maximum Gasteiger partial charge on any atom is 0.334 e. The fraction of sp³-hybridized carbons (Fsp3) is 0.375. The average Bonchev–Trinajstić information content (AvgIpc) is 3.07. The summed E-state index contributed by atoms with van der Waals surface area (Å²) in [6.45, 7) is 2.37. The van der Waals surface area contributed by atoms with Gasteiger partial charge in [0.05, 0.1) is 12.7 Å². The second-order valence-electron chi connectivity index (χ2n) is 7.13. The first-order chi connectivity index (χ1) is 12.6. The largest absolute Gasteiger partial charge is 0.348 e. The van der Waals surface area contributed by atoms with E-state index < -0.39 is 35.1 Å². The lowest BCUT2D eigenvalue weighted by Gasteiger charge is -2.24. The van der Waals surface area contributed by atoms with E-state index in [1.807, 2.05) is 0 Å². The fourth-order valence-electron chi connectivity index (χ4n) is 3.14. The first-order valence-corrected chi connectivity index (χ1v) is 8.08. The third-order valence-corrected chi connectivity index (χ3v) is 4.76. The van der Waals surface area contributed by atoms with Crippen LogP contribution in [-0.2, 0) is 0 Å². The average molecular weight is 380 g/mol. The predicted octanol–water partition coefficient (Wildman–Crippen LogP) is 1.19. The van der Waals surface area contributed by atoms with E-state index in [0.717, 1.165) is 21.3 Å². The SMILES string of the molecule is CC1(C)CN(c2ncc(F)n3nc(-n4ccc(=O)[nH]c4=O)cc23)CC1(F)F. The van der Waals surface area contributed by atoms with Gasteiger partial charge in [-0.2, -0.15) is 8.91 Å². The maximum atomic E-state index is 14.3. The van der Waals surface area contributed by atoms with Gasteiger partial charge in [-0.1, -0.05) is 13.8 Å². The van der Waals surface area contributed by atoms with Crippen LogP contribution < -0.4 is 16.1 Å². The minimum absolute atomic E-state index is 0.0212. The van der Waals surface area contributed by atoms with Crippen LogP contribution in [0.5, 0.6) is 0 Å². The highest BCUT2D eigenvalue weighted by molar-refractivity contribution is 5.71. The summed E-state index contributed by atoms with van der Waals surface area (Å²) in [5, 5.41) is 4.01. The third kappa shape index (κ3) is 2.61. The minimum Gasteiger partial charge on any atom is -0.348 e. The molecule has 3 aromatic rings. The second kappa shape index (κ2) is 5.44. The molecule has 0 aliphatic carbocycles. The first kappa shape index (κ1) is 17.3. The predicted molar refractivity (Wildman–Crippen MR) is 90.1 cm³/mol. The Morgan fingerprint density at radius 1 is 1.22 bits per heavy atom. The van der Waals surface area contributed by atoms with Crippen molar-refractivity contribution in [3.63, 3.8) is 0 Å². The number of anilines is 1. The summed E-state index contributed by atoms with van der Waals surface area (Å²) in [5.41, 5.74) is -2.49. The zero-order chi connectivity index (χ0) is 19.6. The zero-order valence-electron chi connectivity index (χ0n) is 14.4. The van der Waals surface area contributed by atoms with Gasteiger partial charge in [0.1, 0.15) is 5.52 Å². The molecule has 27 heavy (non-hydrogen) atoms. The van der Waals surface area contributed by atoms with Crippen molar-refractivity contribution in [1.29, 1.82) is 0 Å². The van der Waals surface area contributed by atoms with E-state index >= 15 is 0 Å². The second-order valence-corrected chi connectivity index (χ2v) is 7.13. The van der Waals surface area contributed by atoms with Crippen LogP contribution >= 0.6 is 0 Å². The van der Waals surface area contributed by atoms with Gasteiger partial charge in [-0.15, -0.1) is 5.10 Å². The van der Waals surface area contributed by atoms with E-state index in [4.69, 9.17) is 0 Å². The van der Waals surface area contributed by atoms with Crippen molar-refractivity contribution in [3.05, 3.63) is 51.3 Å². The van der Waals surface area contributed by atoms with Crippen molar-refractivity contribution in [2.45, 2.75) is 19.8 Å². The highest BCUT2D eigenvalue weighted by atomic mass is 19.3. The topological polar surface area (TPSA) is 88.3 Å². The van der Waals surface area contributed by atoms with E-state index in [9.17, 15) is 22.8 Å². The molecule has 0 amide bonds. The smallest absolute Gasteiger partial charge is 0.334 e. The van der Waals surface area contributed by atoms with E-state index in [0.29, 0.717) is 0 Å². The molecule has 3 aromatic heterocycles. The van der Waals surface area contributed by atoms with Crippen LogP contribution in [0.2, 0.25) is 0 Å². The Morgan fingerprint density at radius 3 is 2.59 bits per heavy atom. The van der Waals surface area contributed by atoms with Gasteiger partial charge in [0.25, 0.3) is 11.5 Å². The third-order valence-electron chi connectivity index (χ3n) is 4.76. The highest BCUT2D eigenvalue weighted by Gasteiger charge is 2.54. The van der Waals surface area contributed by atoms with Gasteiger partial charge in [0.15, 0.2) is 11.6 Å². The number of H-pyrrole nitrogens is 1. The van der Waals surface area contributed by atoms with Gasteiger partial charge in [0, 0.05) is 30.3 Å². The van der Waals surface area contributed by atoms with Crippen LogP contribution in [0.25, 0.3) is 11.3 Å². The Kier molecular flexibility index (Phi) is 3.49. The van der Waals surface area contributed by atoms with Crippen molar-refractivity contribution in [3.8, 4) is 5.82 Å². The number of aromatic amines is 1. The Morgan fingerprint density at radius 2 is 1.96 bits per heavy atom. The van der Waals surface area contributed by atoms with E-state index in [2.05, 4.69) is 15.1 Å². The molecule has 142 valence electrons. The van der Waals surface area contributed by atoms with Gasteiger partial charge in [0.2, 0.25) is 5.95 Å². The van der Waals surface area contributed by atoms with Crippen LogP contribution in [-0.4, -0.2) is 43.2 Å². The molecule has 1 aliphatic heterocycles. The molecule has 11 heteroatoms. The molecule has 0 bridgehead atoms. The Hall–Kier alpha value is -3.11. The summed E-state index contributed by atoms with van der Waals surface area (Å²) in [6, 6.07) is 2.47. The Balaban J connectivity index is 1.87. The molecule has 0 spiro atoms. The summed E-state index contributed by atoms with van der Waals surface area (Å²) in [7, 11) is 0. The quantitative estimate of drug-likeness (QED) is 0.722. The molecular formula is C16H15F3N6O2. The van der Waals surface area contributed by atoms with E-state index in [1.165, 1.54) is 31.0 Å². The van der Waals surface area contributed by atoms with E-state index in [1.54, 1.807) is 0 Å². The van der Waals surface area contributed by atoms with Crippen molar-refractivity contribution in [2.75, 3.05) is 18.0 Å². The van der Waals surface area contributed by atoms with Gasteiger partial charge < -0.3 is 4.90 Å². The molecule has 1 fully saturated rings. The van der Waals surface area contributed by atoms with Crippen molar-refractivity contribution in [1.82, 2.24) is 24.1 Å². The van der Waals surface area contributed by atoms with Gasteiger partial charge in [-0.05, 0) is 0 Å². The Labute approximate surface area is 149 Å². The normalized spacial score (nSPS) is 18.3. The summed E-state index contributed by atoms with van der Waals surface area (Å²) >= 11 is 0. The number of halogens is 3. The van der Waals surface area contributed by atoms with Crippen molar-refractivity contribution in [2.24, 2.45) is 5.41 Å². The Bertz CT molecular complexity index is 1150. The number of hydrogen-bond donors (Lipinski definition) is 1. The van der Waals surface area contributed by atoms with Gasteiger partial charge in [-0.3, -0.25) is 14.3 Å². The lowest BCUT2D eigenvalue weighted by molar-refractivity contribution is -0.0642. The molecule has 0 radical (unpaired) electrons. The molecule has 4 heterocycles. The number of fused-ring (bicyclic) bond motifs is 1. The monoisotopic (exact) mass is 380 g/mol. The zero-order valence-corrected chi connectivity index (χ0v) is 14.4. The van der Waals surface area contributed by atoms with Crippen LogP contribution in [0.3, 0.4) is 0 Å². The molecule has 0 aromatic carbocycles. The molecule has 1 aliphatic rings. The number of aromatic nitrogens is 5. The van der Waals surface area contributed by atoms with Crippen LogP contribution in [0, 0.1) is 11.4 Å². The highest BCUT2D eigenvalue weighted by Crippen LogP contribution is 2.44. The van der Waals surface area contributed by atoms with Gasteiger partial charge >= 0.3 is 5.69 Å². The van der Waals surface area contributed by atoms with Crippen LogP contribution in [0.1, 0.15) is 13.8 Å².